The molecule has 0 fully saturated rings. The second kappa shape index (κ2) is 4.72. The molecule has 13 heavy (non-hydrogen) atoms. The summed E-state index contributed by atoms with van der Waals surface area (Å²) >= 11 is 0. The highest BCUT2D eigenvalue weighted by molar-refractivity contribution is 5.42. The highest BCUT2D eigenvalue weighted by Gasteiger charge is 2.03. The number of benzene rings is 1. The monoisotopic (exact) mass is 184 g/mol. The van der Waals surface area contributed by atoms with Crippen LogP contribution in [0.3, 0.4) is 0 Å². The molecular formula is C10H15NO2. The zero-order valence-corrected chi connectivity index (χ0v) is 7.54. The molecule has 0 aliphatic heterocycles. The minimum absolute atomic E-state index is 0.211. The highest BCUT2D eigenvalue weighted by atomic mass is 16.5. The van der Waals surface area contributed by atoms with E-state index in [1.54, 1.807) is 18.2 Å². The Kier molecular flexibility index (Phi) is 2.28. The van der Waals surface area contributed by atoms with Crippen molar-refractivity contribution in [2.24, 2.45) is 5.73 Å². The van der Waals surface area contributed by atoms with Gasteiger partial charge in [-0.05, 0) is 30.7 Å². The van der Waals surface area contributed by atoms with Crippen molar-refractivity contribution in [3.63, 3.8) is 0 Å². The number of hydrogen-bond acceptors (Lipinski definition) is 3. The molecule has 72 valence electrons. The van der Waals surface area contributed by atoms with Crippen molar-refractivity contribution in [3.05, 3.63) is 23.8 Å². The Hall–Kier alpha value is -1.22. The maximum Gasteiger partial charge on any atom is 0.160 e. The fourth-order valence-corrected chi connectivity index (χ4v) is 1.12. The first-order valence-corrected chi connectivity index (χ1v) is 4.02. The molecule has 0 radical (unpaired) electrons. The summed E-state index contributed by atoms with van der Waals surface area (Å²) in [6, 6.07) is 5.08. The molecule has 0 bridgehead atoms. The van der Waals surface area contributed by atoms with Gasteiger partial charge in [-0.15, -0.1) is 0 Å². The Morgan fingerprint density at radius 2 is 2.23 bits per heavy atom. The third-order valence-corrected chi connectivity index (χ3v) is 1.77. The van der Waals surface area contributed by atoms with Gasteiger partial charge >= 0.3 is 0 Å². The van der Waals surface area contributed by atoms with Gasteiger partial charge in [0.1, 0.15) is 0 Å². The Morgan fingerprint density at radius 3 is 2.85 bits per heavy atom. The fourth-order valence-electron chi connectivity index (χ4n) is 1.12. The van der Waals surface area contributed by atoms with Crippen LogP contribution in [0.25, 0.3) is 0 Å². The quantitative estimate of drug-likeness (QED) is 0.764. The SMILES string of the molecule is [2H]C([2H])([2H])Oc1ccc(CCN)cc1OC. The van der Waals surface area contributed by atoms with Crippen molar-refractivity contribution in [2.75, 3.05) is 20.7 Å². The van der Waals surface area contributed by atoms with E-state index in [2.05, 4.69) is 0 Å². The summed E-state index contributed by atoms with van der Waals surface area (Å²) < 4.78 is 30.9. The second-order valence-electron chi connectivity index (χ2n) is 2.63. The topological polar surface area (TPSA) is 44.5 Å². The van der Waals surface area contributed by atoms with E-state index in [0.717, 1.165) is 5.56 Å². The van der Waals surface area contributed by atoms with Crippen LogP contribution in [-0.4, -0.2) is 20.7 Å². The molecule has 1 aromatic carbocycles. The van der Waals surface area contributed by atoms with Crippen LogP contribution in [-0.2, 0) is 6.42 Å². The van der Waals surface area contributed by atoms with E-state index in [4.69, 9.17) is 19.3 Å². The molecule has 0 atom stereocenters. The highest BCUT2D eigenvalue weighted by Crippen LogP contribution is 2.27. The number of rotatable bonds is 4. The van der Waals surface area contributed by atoms with E-state index in [1.165, 1.54) is 7.11 Å². The van der Waals surface area contributed by atoms with Crippen LogP contribution in [0, 0.1) is 0 Å². The Bertz CT molecular complexity index is 352. The van der Waals surface area contributed by atoms with Crippen molar-refractivity contribution in [3.8, 4) is 11.5 Å². The molecule has 0 aliphatic carbocycles. The molecule has 0 saturated heterocycles. The average Bonchev–Trinajstić information content (AvgIpc) is 2.18. The maximum atomic E-state index is 7.01. The van der Waals surface area contributed by atoms with Crippen LogP contribution in [0.1, 0.15) is 9.68 Å². The summed E-state index contributed by atoms with van der Waals surface area (Å²) in [7, 11) is -1.00. The van der Waals surface area contributed by atoms with Gasteiger partial charge in [0.25, 0.3) is 0 Å². The standard InChI is InChI=1S/C10H15NO2/c1-12-9-4-3-8(5-6-11)7-10(9)13-2/h3-4,7H,5-6,11H2,1-2H3/i1D3. The number of ether oxygens (including phenoxy) is 2. The number of hydrogen-bond donors (Lipinski definition) is 1. The molecule has 0 amide bonds. The van der Waals surface area contributed by atoms with Gasteiger partial charge in [0.05, 0.1) is 18.3 Å². The molecule has 1 aromatic rings. The van der Waals surface area contributed by atoms with E-state index in [9.17, 15) is 0 Å². The molecule has 3 nitrogen and oxygen atoms in total. The van der Waals surface area contributed by atoms with Crippen molar-refractivity contribution in [2.45, 2.75) is 6.42 Å². The second-order valence-corrected chi connectivity index (χ2v) is 2.63. The molecule has 0 saturated carbocycles. The Labute approximate surface area is 82.7 Å². The normalized spacial score (nSPS) is 14.2. The molecule has 3 heteroatoms. The summed E-state index contributed by atoms with van der Waals surface area (Å²) in [5.41, 5.74) is 6.41. The van der Waals surface area contributed by atoms with E-state index in [-0.39, 0.29) is 5.75 Å². The summed E-state index contributed by atoms with van der Waals surface area (Å²) in [6.07, 6.45) is 0.713. The van der Waals surface area contributed by atoms with E-state index >= 15 is 0 Å². The van der Waals surface area contributed by atoms with Gasteiger partial charge in [-0.25, -0.2) is 0 Å². The lowest BCUT2D eigenvalue weighted by atomic mass is 10.1. The van der Waals surface area contributed by atoms with Crippen LogP contribution >= 0.6 is 0 Å². The van der Waals surface area contributed by atoms with Crippen LogP contribution < -0.4 is 15.2 Å². The number of methoxy groups -OCH3 is 2. The molecular weight excluding hydrogens is 166 g/mol. The predicted molar refractivity (Wildman–Crippen MR) is 52.3 cm³/mol. The molecule has 2 N–H and O–H groups in total. The molecule has 0 unspecified atom stereocenters. The van der Waals surface area contributed by atoms with E-state index in [0.29, 0.717) is 18.7 Å². The van der Waals surface area contributed by atoms with Crippen LogP contribution in [0.15, 0.2) is 18.2 Å². The first-order valence-electron chi connectivity index (χ1n) is 5.52. The summed E-state index contributed by atoms with van der Waals surface area (Å²) in [6.45, 7) is 0.530. The lowest BCUT2D eigenvalue weighted by Gasteiger charge is -2.08. The van der Waals surface area contributed by atoms with Crippen LogP contribution in [0.2, 0.25) is 0 Å². The lowest BCUT2D eigenvalue weighted by Crippen LogP contribution is -2.03. The molecule has 1 rings (SSSR count). The first-order chi connectivity index (χ1) is 7.46. The van der Waals surface area contributed by atoms with Crippen molar-refractivity contribution in [1.82, 2.24) is 0 Å². The predicted octanol–water partition coefficient (Wildman–Crippen LogP) is 1.21. The van der Waals surface area contributed by atoms with Gasteiger partial charge in [-0.1, -0.05) is 6.07 Å². The zero-order valence-electron chi connectivity index (χ0n) is 10.5. The van der Waals surface area contributed by atoms with Gasteiger partial charge in [0.15, 0.2) is 11.5 Å². The fraction of sp³-hybridized carbons (Fsp3) is 0.400. The van der Waals surface area contributed by atoms with Crippen LogP contribution in [0.5, 0.6) is 11.5 Å². The maximum absolute atomic E-state index is 7.01. The first kappa shape index (κ1) is 6.27. The van der Waals surface area contributed by atoms with Crippen molar-refractivity contribution >= 4 is 0 Å². The molecule has 0 aliphatic rings. The number of nitrogens with two attached hydrogens (primary N) is 1. The third kappa shape index (κ3) is 2.36. The van der Waals surface area contributed by atoms with Gasteiger partial charge in [-0.2, -0.15) is 0 Å². The Balaban J connectivity index is 2.93. The minimum Gasteiger partial charge on any atom is -0.493 e. The van der Waals surface area contributed by atoms with Gasteiger partial charge in [0, 0.05) is 0 Å². The Morgan fingerprint density at radius 1 is 1.38 bits per heavy atom. The largest absolute Gasteiger partial charge is 0.493 e. The van der Waals surface area contributed by atoms with Crippen LogP contribution in [0.4, 0.5) is 0 Å². The molecule has 0 aromatic heterocycles. The molecule has 0 heterocycles. The van der Waals surface area contributed by atoms with Gasteiger partial charge in [-0.3, -0.25) is 0 Å². The van der Waals surface area contributed by atoms with Crippen molar-refractivity contribution < 1.29 is 13.6 Å². The van der Waals surface area contributed by atoms with E-state index < -0.39 is 7.04 Å². The van der Waals surface area contributed by atoms with Gasteiger partial charge < -0.3 is 15.2 Å². The summed E-state index contributed by atoms with van der Waals surface area (Å²) in [4.78, 5) is 0. The molecule has 0 spiro atoms. The summed E-state index contributed by atoms with van der Waals surface area (Å²) in [5.74, 6) is 0.616. The third-order valence-electron chi connectivity index (χ3n) is 1.77. The van der Waals surface area contributed by atoms with Gasteiger partial charge in [0.2, 0.25) is 0 Å². The van der Waals surface area contributed by atoms with E-state index in [1.807, 2.05) is 0 Å². The summed E-state index contributed by atoms with van der Waals surface area (Å²) in [5, 5.41) is 0. The minimum atomic E-state index is -2.47. The van der Waals surface area contributed by atoms with Crippen molar-refractivity contribution in [1.29, 1.82) is 0 Å². The zero-order chi connectivity index (χ0) is 12.2. The average molecular weight is 184 g/mol. The smallest absolute Gasteiger partial charge is 0.160 e. The lowest BCUT2D eigenvalue weighted by molar-refractivity contribution is 0.354.